The number of hydrogen-bond acceptors (Lipinski definition) is 10. The molecule has 5 aromatic rings. The number of aromatic amines is 1. The fourth-order valence-electron chi connectivity index (χ4n) is 8.02. The van der Waals surface area contributed by atoms with E-state index < -0.39 is 29.3 Å². The average Bonchev–Trinajstić information content (AvgIpc) is 3.77. The number of rotatable bonds is 6. The largest absolute Gasteiger partial charge is 0.461 e. The average molecular weight is 696 g/mol. The summed E-state index contributed by atoms with van der Waals surface area (Å²) in [6, 6.07) is 5.14. The third-order valence-corrected chi connectivity index (χ3v) is 10.4. The van der Waals surface area contributed by atoms with E-state index in [0.29, 0.717) is 59.4 Å². The molecule has 0 unspecified atom stereocenters. The lowest BCUT2D eigenvalue weighted by Gasteiger charge is -2.31. The molecular formula is C33H33ClF3N9O3. The second-order valence-electron chi connectivity index (χ2n) is 13.5. The number of aliphatic hydroxyl groups is 1. The molecule has 0 aliphatic carbocycles. The van der Waals surface area contributed by atoms with Crippen molar-refractivity contribution in [2.45, 2.75) is 49.9 Å². The molecule has 0 bridgehead atoms. The minimum Gasteiger partial charge on any atom is -0.461 e. The molecule has 12 nitrogen and oxygen atoms in total. The van der Waals surface area contributed by atoms with Gasteiger partial charge < -0.3 is 24.0 Å². The number of halogens is 4. The van der Waals surface area contributed by atoms with Crippen LogP contribution in [0.3, 0.4) is 0 Å². The highest BCUT2D eigenvalue weighted by Crippen LogP contribution is 2.46. The zero-order chi connectivity index (χ0) is 34.2. The first-order chi connectivity index (χ1) is 23.5. The van der Waals surface area contributed by atoms with E-state index in [2.05, 4.69) is 20.1 Å². The Morgan fingerprint density at radius 3 is 2.92 bits per heavy atom. The number of H-pyrrole nitrogens is 1. The Morgan fingerprint density at radius 1 is 1.29 bits per heavy atom. The monoisotopic (exact) mass is 695 g/mol. The van der Waals surface area contributed by atoms with E-state index in [9.17, 15) is 23.5 Å². The third-order valence-electron chi connectivity index (χ3n) is 10.1. The molecule has 0 spiro atoms. The van der Waals surface area contributed by atoms with E-state index in [1.807, 2.05) is 11.0 Å². The SMILES string of the molecule is Cn1c2nc(OC[C@@]34CCCN3C[C@H](F)C4)nc(N3CCOC[C@@](C)(O)C3)c2c2ccnc(-c3c(C(F)F)c(Cl)cc4[nH]nc(C#N)c34)c21. The number of aromatic nitrogens is 6. The summed E-state index contributed by atoms with van der Waals surface area (Å²) in [5, 5.41) is 28.9. The van der Waals surface area contributed by atoms with Crippen LogP contribution in [0.1, 0.15) is 43.9 Å². The van der Waals surface area contributed by atoms with E-state index in [-0.39, 0.29) is 53.1 Å². The summed E-state index contributed by atoms with van der Waals surface area (Å²) in [5.74, 6) is 0.454. The van der Waals surface area contributed by atoms with Gasteiger partial charge in [-0.1, -0.05) is 11.6 Å². The second kappa shape index (κ2) is 11.7. The first-order valence-corrected chi connectivity index (χ1v) is 16.5. The van der Waals surface area contributed by atoms with Crippen molar-refractivity contribution in [1.82, 2.24) is 34.6 Å². The maximum absolute atomic E-state index is 14.8. The molecule has 0 saturated carbocycles. The van der Waals surface area contributed by atoms with Crippen molar-refractivity contribution in [2.24, 2.45) is 7.05 Å². The van der Waals surface area contributed by atoms with Gasteiger partial charge in [-0.15, -0.1) is 0 Å². The molecule has 0 amide bonds. The van der Waals surface area contributed by atoms with Crippen LogP contribution in [0.25, 0.3) is 44.1 Å². The van der Waals surface area contributed by atoms with E-state index in [0.717, 1.165) is 19.4 Å². The summed E-state index contributed by atoms with van der Waals surface area (Å²) in [4.78, 5) is 18.4. The Kier molecular flexibility index (Phi) is 7.63. The van der Waals surface area contributed by atoms with Crippen molar-refractivity contribution in [3.05, 3.63) is 34.6 Å². The number of ether oxygens (including phenoxy) is 2. The number of hydrogen-bond donors (Lipinski definition) is 2. The van der Waals surface area contributed by atoms with Crippen molar-refractivity contribution in [3.8, 4) is 23.3 Å². The van der Waals surface area contributed by atoms with Crippen LogP contribution in [0, 0.1) is 11.3 Å². The number of β-amino-alcohol motifs (C(OH)–C–C–N with tert-alkyl or cyclic N) is 1. The molecule has 3 aliphatic heterocycles. The van der Waals surface area contributed by atoms with Gasteiger partial charge in [0.15, 0.2) is 5.69 Å². The van der Waals surface area contributed by atoms with Gasteiger partial charge in [-0.2, -0.15) is 20.3 Å². The van der Waals surface area contributed by atoms with E-state index >= 15 is 0 Å². The topological polar surface area (TPSA) is 141 Å². The molecule has 3 aliphatic rings. The molecule has 256 valence electrons. The van der Waals surface area contributed by atoms with Crippen LogP contribution in [-0.2, 0) is 11.8 Å². The van der Waals surface area contributed by atoms with Gasteiger partial charge in [-0.05, 0) is 38.4 Å². The van der Waals surface area contributed by atoms with E-state index in [1.165, 1.54) is 12.3 Å². The van der Waals surface area contributed by atoms with E-state index in [1.54, 1.807) is 24.6 Å². The Hall–Kier alpha value is -4.23. The van der Waals surface area contributed by atoms with Crippen molar-refractivity contribution in [1.29, 1.82) is 5.26 Å². The molecule has 3 fully saturated rings. The van der Waals surface area contributed by atoms with E-state index in [4.69, 9.17) is 31.0 Å². The Balaban J connectivity index is 1.37. The van der Waals surface area contributed by atoms with Crippen LogP contribution < -0.4 is 9.64 Å². The zero-order valence-electron chi connectivity index (χ0n) is 26.8. The first-order valence-electron chi connectivity index (χ1n) is 16.1. The van der Waals surface area contributed by atoms with Crippen molar-refractivity contribution in [3.63, 3.8) is 0 Å². The molecule has 49 heavy (non-hydrogen) atoms. The Bertz CT molecular complexity index is 2170. The number of anilines is 1. The van der Waals surface area contributed by atoms with Gasteiger partial charge in [0.25, 0.3) is 6.43 Å². The van der Waals surface area contributed by atoms with Crippen molar-refractivity contribution >= 4 is 50.3 Å². The highest BCUT2D eigenvalue weighted by Gasteiger charge is 2.49. The summed E-state index contributed by atoms with van der Waals surface area (Å²) in [6.45, 7) is 4.08. The Labute approximate surface area is 283 Å². The number of nitrogens with zero attached hydrogens (tertiary/aromatic N) is 8. The fraction of sp³-hybridized carbons (Fsp3) is 0.485. The normalized spacial score (nSPS) is 24.7. The second-order valence-corrected chi connectivity index (χ2v) is 13.9. The van der Waals surface area contributed by atoms with Crippen LogP contribution in [-0.4, -0.2) is 103 Å². The number of aryl methyl sites for hydroxylation is 1. The predicted octanol–water partition coefficient (Wildman–Crippen LogP) is 5.07. The molecule has 8 rings (SSSR count). The van der Waals surface area contributed by atoms with Gasteiger partial charge in [0.2, 0.25) is 0 Å². The maximum Gasteiger partial charge on any atom is 0.320 e. The minimum absolute atomic E-state index is 0.0150. The molecule has 16 heteroatoms. The van der Waals surface area contributed by atoms with Gasteiger partial charge >= 0.3 is 6.01 Å². The molecule has 4 aromatic heterocycles. The molecule has 0 radical (unpaired) electrons. The first kappa shape index (κ1) is 32.0. The Morgan fingerprint density at radius 2 is 2.12 bits per heavy atom. The third kappa shape index (κ3) is 5.15. The lowest BCUT2D eigenvalue weighted by Crippen LogP contribution is -2.44. The van der Waals surface area contributed by atoms with Crippen molar-refractivity contribution in [2.75, 3.05) is 50.9 Å². The molecule has 2 N–H and O–H groups in total. The van der Waals surface area contributed by atoms with Crippen molar-refractivity contribution < 1.29 is 27.8 Å². The number of nitriles is 1. The van der Waals surface area contributed by atoms with Gasteiger partial charge in [0.05, 0.1) is 52.4 Å². The summed E-state index contributed by atoms with van der Waals surface area (Å²) in [6.07, 6.45) is -0.302. The minimum atomic E-state index is -3.00. The number of fused-ring (bicyclic) bond motifs is 5. The maximum atomic E-state index is 14.8. The molecule has 7 heterocycles. The quantitative estimate of drug-likeness (QED) is 0.248. The smallest absolute Gasteiger partial charge is 0.320 e. The summed E-state index contributed by atoms with van der Waals surface area (Å²) in [5.41, 5.74) is -0.890. The molecule has 1 aromatic carbocycles. The summed E-state index contributed by atoms with van der Waals surface area (Å²) < 4.78 is 57.9. The standard InChI is InChI=1S/C33H33ClF3N9O3/c1-32(47)14-45(8-9-48-15-32)30-22-18-4-6-39-26(25-23(28(36)37)19(34)10-20-24(25)21(12-38)43-42-20)27(18)44(2)29(22)40-31(41-30)49-16-33-5-3-7-46(33)13-17(35)11-33/h4,6,10,17,28,47H,3,5,7-9,11,13-16H2,1-2H3,(H,42,43)/t17-,32+,33+/m1/s1. The van der Waals surface area contributed by atoms with Gasteiger partial charge in [0.1, 0.15) is 35.9 Å². The predicted molar refractivity (Wildman–Crippen MR) is 176 cm³/mol. The van der Waals surface area contributed by atoms with Crippen LogP contribution in [0.2, 0.25) is 5.02 Å². The molecule has 3 atom stereocenters. The number of benzene rings is 1. The van der Waals surface area contributed by atoms with Gasteiger partial charge in [0, 0.05) is 54.7 Å². The fourth-order valence-corrected chi connectivity index (χ4v) is 8.31. The number of pyridine rings is 1. The highest BCUT2D eigenvalue weighted by atomic mass is 35.5. The summed E-state index contributed by atoms with van der Waals surface area (Å²) in [7, 11) is 1.74. The van der Waals surface area contributed by atoms with Crippen LogP contribution in [0.4, 0.5) is 19.0 Å². The summed E-state index contributed by atoms with van der Waals surface area (Å²) >= 11 is 6.45. The lowest BCUT2D eigenvalue weighted by molar-refractivity contribution is -0.0123. The zero-order valence-corrected chi connectivity index (χ0v) is 27.6. The lowest BCUT2D eigenvalue weighted by atomic mass is 9.95. The van der Waals surface area contributed by atoms with Crippen LogP contribution in [0.15, 0.2) is 18.3 Å². The number of alkyl halides is 3. The van der Waals surface area contributed by atoms with Crippen LogP contribution >= 0.6 is 11.6 Å². The highest BCUT2D eigenvalue weighted by molar-refractivity contribution is 6.33. The number of nitrogens with one attached hydrogen (secondary N) is 1. The molecule has 3 saturated heterocycles. The van der Waals surface area contributed by atoms with Gasteiger partial charge in [-0.3, -0.25) is 15.0 Å². The van der Waals surface area contributed by atoms with Gasteiger partial charge in [-0.25, -0.2) is 13.2 Å². The van der Waals surface area contributed by atoms with Crippen LogP contribution in [0.5, 0.6) is 6.01 Å². The molecular weight excluding hydrogens is 663 g/mol.